The summed E-state index contributed by atoms with van der Waals surface area (Å²) in [6.07, 6.45) is 2.11. The average molecular weight is 249 g/mol. The summed E-state index contributed by atoms with van der Waals surface area (Å²) in [5.41, 5.74) is 1.09. The maximum atomic E-state index is 5.47. The molecule has 1 unspecified atom stereocenters. The van der Waals surface area contributed by atoms with Gasteiger partial charge in [0, 0.05) is 17.5 Å². The van der Waals surface area contributed by atoms with Gasteiger partial charge in [-0.05, 0) is 30.8 Å². The van der Waals surface area contributed by atoms with Crippen LogP contribution in [0.3, 0.4) is 0 Å². The Hall–Kier alpha value is -1.20. The van der Waals surface area contributed by atoms with Gasteiger partial charge in [-0.2, -0.15) is 16.3 Å². The maximum absolute atomic E-state index is 5.47. The first-order chi connectivity index (χ1) is 8.34. The summed E-state index contributed by atoms with van der Waals surface area (Å²) in [5, 5.41) is 11.5. The van der Waals surface area contributed by atoms with Crippen molar-refractivity contribution in [2.24, 2.45) is 0 Å². The number of nitrogens with one attached hydrogen (secondary N) is 1. The van der Waals surface area contributed by atoms with E-state index in [1.54, 1.807) is 11.3 Å². The molecule has 0 bridgehead atoms. The zero-order valence-electron chi connectivity index (χ0n) is 9.77. The van der Waals surface area contributed by atoms with Gasteiger partial charge in [0.2, 0.25) is 11.7 Å². The van der Waals surface area contributed by atoms with E-state index in [4.69, 9.17) is 4.52 Å². The Morgan fingerprint density at radius 3 is 3.18 bits per heavy atom. The van der Waals surface area contributed by atoms with Crippen LogP contribution in [0.15, 0.2) is 21.3 Å². The molecule has 0 spiro atoms. The van der Waals surface area contributed by atoms with Crippen molar-refractivity contribution < 1.29 is 4.52 Å². The van der Waals surface area contributed by atoms with E-state index in [0.717, 1.165) is 37.4 Å². The van der Waals surface area contributed by atoms with Crippen LogP contribution in [0.4, 0.5) is 0 Å². The lowest BCUT2D eigenvalue weighted by Gasteiger charge is -2.20. The van der Waals surface area contributed by atoms with Gasteiger partial charge in [0.1, 0.15) is 0 Å². The van der Waals surface area contributed by atoms with Crippen molar-refractivity contribution in [2.45, 2.75) is 25.2 Å². The first-order valence-corrected chi connectivity index (χ1v) is 6.86. The Bertz CT molecular complexity index is 486. The Kier molecular flexibility index (Phi) is 2.72. The van der Waals surface area contributed by atoms with Crippen LogP contribution in [-0.2, 0) is 5.41 Å². The zero-order valence-corrected chi connectivity index (χ0v) is 10.6. The lowest BCUT2D eigenvalue weighted by molar-refractivity contribution is 0.285. The normalized spacial score (nSPS) is 24.3. The number of aromatic nitrogens is 2. The van der Waals surface area contributed by atoms with Gasteiger partial charge in [0.25, 0.3) is 0 Å². The molecule has 2 aromatic heterocycles. The summed E-state index contributed by atoms with van der Waals surface area (Å²) in [7, 11) is 0. The van der Waals surface area contributed by atoms with Crippen LogP contribution in [0.25, 0.3) is 11.4 Å². The molecule has 1 saturated heterocycles. The van der Waals surface area contributed by atoms with Crippen LogP contribution in [0.2, 0.25) is 0 Å². The van der Waals surface area contributed by atoms with E-state index >= 15 is 0 Å². The minimum Gasteiger partial charge on any atom is -0.338 e. The minimum absolute atomic E-state index is 0.0429. The monoisotopic (exact) mass is 249 g/mol. The fraction of sp³-hybridized carbons (Fsp3) is 0.500. The van der Waals surface area contributed by atoms with Crippen LogP contribution in [-0.4, -0.2) is 23.2 Å². The van der Waals surface area contributed by atoms with Gasteiger partial charge < -0.3 is 9.84 Å². The van der Waals surface area contributed by atoms with Gasteiger partial charge in [-0.25, -0.2) is 0 Å². The van der Waals surface area contributed by atoms with Crippen molar-refractivity contribution in [3.8, 4) is 11.4 Å². The molecule has 2 aromatic rings. The Balaban J connectivity index is 1.94. The molecule has 0 radical (unpaired) electrons. The third kappa shape index (κ3) is 1.79. The molecule has 1 atom stereocenters. The van der Waals surface area contributed by atoms with Gasteiger partial charge >= 0.3 is 0 Å². The highest BCUT2D eigenvalue weighted by atomic mass is 32.1. The summed E-state index contributed by atoms with van der Waals surface area (Å²) in [6.45, 7) is 4.15. The molecular formula is C12H15N3OS. The van der Waals surface area contributed by atoms with Gasteiger partial charge in [-0.1, -0.05) is 12.1 Å². The van der Waals surface area contributed by atoms with Gasteiger partial charge in [-0.15, -0.1) is 0 Å². The van der Waals surface area contributed by atoms with Gasteiger partial charge in [0.05, 0.1) is 5.41 Å². The minimum atomic E-state index is 0.0429. The van der Waals surface area contributed by atoms with Crippen molar-refractivity contribution in [1.29, 1.82) is 0 Å². The third-order valence-corrected chi connectivity index (χ3v) is 4.26. The molecule has 1 fully saturated rings. The summed E-state index contributed by atoms with van der Waals surface area (Å²) < 4.78 is 5.47. The fourth-order valence-corrected chi connectivity index (χ4v) is 2.96. The maximum Gasteiger partial charge on any atom is 0.234 e. The van der Waals surface area contributed by atoms with E-state index in [-0.39, 0.29) is 5.41 Å². The second-order valence-electron chi connectivity index (χ2n) is 4.50. The highest BCUT2D eigenvalue weighted by Crippen LogP contribution is 2.34. The van der Waals surface area contributed by atoms with Crippen LogP contribution in [0, 0.1) is 0 Å². The number of nitrogens with zero attached hydrogens (tertiary/aromatic N) is 2. The molecule has 1 N–H and O–H groups in total. The van der Waals surface area contributed by atoms with Crippen molar-refractivity contribution >= 4 is 11.3 Å². The highest BCUT2D eigenvalue weighted by molar-refractivity contribution is 7.08. The molecule has 5 heteroatoms. The van der Waals surface area contributed by atoms with E-state index in [1.807, 2.05) is 16.8 Å². The van der Waals surface area contributed by atoms with E-state index in [9.17, 15) is 0 Å². The Labute approximate surface area is 104 Å². The topological polar surface area (TPSA) is 51.0 Å². The quantitative estimate of drug-likeness (QED) is 0.907. The molecule has 1 aliphatic rings. The summed E-state index contributed by atoms with van der Waals surface area (Å²) in [6, 6.07) is 2.02. The Morgan fingerprint density at radius 1 is 1.59 bits per heavy atom. The molecular weight excluding hydrogens is 234 g/mol. The van der Waals surface area contributed by atoms with Crippen molar-refractivity contribution in [3.63, 3.8) is 0 Å². The first-order valence-electron chi connectivity index (χ1n) is 5.91. The third-order valence-electron chi connectivity index (χ3n) is 3.58. The molecule has 90 valence electrons. The molecule has 4 nitrogen and oxygen atoms in total. The molecule has 0 amide bonds. The zero-order chi connectivity index (χ0) is 11.7. The van der Waals surface area contributed by atoms with Gasteiger partial charge in [-0.3, -0.25) is 0 Å². The number of hydrogen-bond donors (Lipinski definition) is 1. The molecule has 0 saturated carbocycles. The van der Waals surface area contributed by atoms with Crippen LogP contribution < -0.4 is 5.32 Å². The van der Waals surface area contributed by atoms with Crippen molar-refractivity contribution in [3.05, 3.63) is 22.7 Å². The predicted octanol–water partition coefficient (Wildman–Crippen LogP) is 2.44. The van der Waals surface area contributed by atoms with E-state index in [2.05, 4.69) is 22.4 Å². The molecule has 17 heavy (non-hydrogen) atoms. The summed E-state index contributed by atoms with van der Waals surface area (Å²) in [5.74, 6) is 1.49. The number of hydrogen-bond acceptors (Lipinski definition) is 5. The lowest BCUT2D eigenvalue weighted by atomic mass is 9.84. The molecule has 3 heterocycles. The predicted molar refractivity (Wildman–Crippen MR) is 67.1 cm³/mol. The fourth-order valence-electron chi connectivity index (χ4n) is 2.33. The second kappa shape index (κ2) is 4.23. The summed E-state index contributed by atoms with van der Waals surface area (Å²) in [4.78, 5) is 4.57. The molecule has 0 aromatic carbocycles. The van der Waals surface area contributed by atoms with Crippen LogP contribution in [0.1, 0.15) is 25.7 Å². The van der Waals surface area contributed by atoms with E-state index < -0.39 is 0 Å². The summed E-state index contributed by atoms with van der Waals surface area (Å²) >= 11 is 1.65. The van der Waals surface area contributed by atoms with E-state index in [1.165, 1.54) is 0 Å². The largest absolute Gasteiger partial charge is 0.338 e. The molecule has 1 aliphatic heterocycles. The molecule has 0 aliphatic carbocycles. The van der Waals surface area contributed by atoms with Gasteiger partial charge in [0.15, 0.2) is 0 Å². The Morgan fingerprint density at radius 2 is 2.53 bits per heavy atom. The number of thiophene rings is 1. The molecule has 3 rings (SSSR count). The first kappa shape index (κ1) is 10.9. The SMILES string of the molecule is CCC1(c2nc(-c3ccsc3)no2)CCNC1. The van der Waals surface area contributed by atoms with E-state index in [0.29, 0.717) is 5.82 Å². The average Bonchev–Trinajstić information content (AvgIpc) is 3.10. The van der Waals surface area contributed by atoms with Crippen molar-refractivity contribution in [2.75, 3.05) is 13.1 Å². The number of rotatable bonds is 3. The smallest absolute Gasteiger partial charge is 0.234 e. The standard InChI is InChI=1S/C12H15N3OS/c1-2-12(4-5-13-8-12)11-14-10(15-16-11)9-3-6-17-7-9/h3,6-7,13H,2,4-5,8H2,1H3. The highest BCUT2D eigenvalue weighted by Gasteiger charge is 2.39. The second-order valence-corrected chi connectivity index (χ2v) is 5.28. The van der Waals surface area contributed by atoms with Crippen LogP contribution in [0.5, 0.6) is 0 Å². The lowest BCUT2D eigenvalue weighted by Crippen LogP contribution is -2.28. The van der Waals surface area contributed by atoms with Crippen molar-refractivity contribution in [1.82, 2.24) is 15.5 Å². The van der Waals surface area contributed by atoms with Crippen LogP contribution >= 0.6 is 11.3 Å².